The quantitative estimate of drug-likeness (QED) is 0.0390. The van der Waals surface area contributed by atoms with E-state index in [9.17, 15) is 57.8 Å². The lowest BCUT2D eigenvalue weighted by atomic mass is 9.92. The molecule has 0 bridgehead atoms. The number of ketones is 1. The highest BCUT2D eigenvalue weighted by molar-refractivity contribution is 6.00. The van der Waals surface area contributed by atoms with Gasteiger partial charge < -0.3 is 68.3 Å². The minimum atomic E-state index is -1.71. The minimum absolute atomic E-state index is 0.000749. The van der Waals surface area contributed by atoms with Gasteiger partial charge in [-0.15, -0.1) is 0 Å². The Hall–Kier alpha value is -5.75. The van der Waals surface area contributed by atoms with Crippen LogP contribution in [-0.2, 0) is 52.7 Å². The van der Waals surface area contributed by atoms with Crippen molar-refractivity contribution in [3.8, 4) is 0 Å². The molecule has 0 aromatic carbocycles. The number of aliphatic hydroxyl groups is 2. The van der Waals surface area contributed by atoms with Gasteiger partial charge in [-0.3, -0.25) is 52.7 Å². The summed E-state index contributed by atoms with van der Waals surface area (Å²) in [4.78, 5) is 152. The maximum Gasteiger partial charge on any atom is 0.246 e. The Morgan fingerprint density at radius 2 is 1.08 bits per heavy atom. The van der Waals surface area contributed by atoms with E-state index in [1.165, 1.54) is 46.4 Å². The topological polar surface area (TPSA) is 352 Å². The van der Waals surface area contributed by atoms with E-state index in [4.69, 9.17) is 5.11 Å². The molecular weight excluding hydrogens is 1120 g/mol. The van der Waals surface area contributed by atoms with Gasteiger partial charge in [-0.25, -0.2) is 0 Å². The third-order valence-corrected chi connectivity index (χ3v) is 15.4. The SMILES string of the molecule is CCCCCCC(C)C[C@@H](NC(=O)C(C)(C)NC(=O)C(C)(C)NC(=O)[C@H](CC(C)CC(O)CC(=O)CC)NC(=O)[C@@H]1CCCN1C(=O)CCC)C(=O)N[C@@H](CC(C)C)C(=O)NC(C)(C)C(=O)N[C@@H](CC(C)C)C(=O)NCCC(=O)NC(C)CNCCO. The van der Waals surface area contributed by atoms with E-state index in [2.05, 4.69) is 60.1 Å². The largest absolute Gasteiger partial charge is 0.395 e. The average Bonchev–Trinajstić information content (AvgIpc) is 3.31. The number of carbonyl (C=O) groups excluding carboxylic acids is 11. The van der Waals surface area contributed by atoms with Gasteiger partial charge in [0, 0.05) is 57.9 Å². The first-order valence-corrected chi connectivity index (χ1v) is 32.1. The smallest absolute Gasteiger partial charge is 0.246 e. The van der Waals surface area contributed by atoms with Gasteiger partial charge in [-0.1, -0.05) is 94.4 Å². The third kappa shape index (κ3) is 30.3. The van der Waals surface area contributed by atoms with Crippen LogP contribution in [-0.4, -0.2) is 172 Å². The molecule has 0 aromatic heterocycles. The molecule has 87 heavy (non-hydrogen) atoms. The Morgan fingerprint density at radius 3 is 1.62 bits per heavy atom. The van der Waals surface area contributed by atoms with Crippen molar-refractivity contribution in [2.45, 2.75) is 279 Å². The lowest BCUT2D eigenvalue weighted by Gasteiger charge is -2.35. The highest BCUT2D eigenvalue weighted by atomic mass is 16.3. The van der Waals surface area contributed by atoms with Crippen LogP contribution in [0.15, 0.2) is 0 Å². The fourth-order valence-corrected chi connectivity index (χ4v) is 10.3. The Balaban J connectivity index is 3.42. The van der Waals surface area contributed by atoms with Crippen molar-refractivity contribution in [3.63, 3.8) is 0 Å². The van der Waals surface area contributed by atoms with E-state index >= 15 is 0 Å². The molecule has 24 nitrogen and oxygen atoms in total. The van der Waals surface area contributed by atoms with E-state index in [0.29, 0.717) is 38.9 Å². The number of rotatable bonds is 43. The molecule has 0 aromatic rings. The van der Waals surface area contributed by atoms with Crippen LogP contribution in [0, 0.1) is 23.7 Å². The predicted molar refractivity (Wildman–Crippen MR) is 335 cm³/mol. The van der Waals surface area contributed by atoms with Crippen LogP contribution in [0.4, 0.5) is 0 Å². The van der Waals surface area contributed by atoms with E-state index < -0.39 is 106 Å². The summed E-state index contributed by atoms with van der Waals surface area (Å²) in [6, 6.07) is -5.68. The second-order valence-electron chi connectivity index (χ2n) is 26.7. The van der Waals surface area contributed by atoms with Crippen molar-refractivity contribution in [3.05, 3.63) is 0 Å². The Bertz CT molecular complexity index is 2240. The Kier molecular flexibility index (Phi) is 35.8. The molecule has 0 radical (unpaired) electrons. The summed E-state index contributed by atoms with van der Waals surface area (Å²) in [5.74, 6) is -6.63. The zero-order valence-electron chi connectivity index (χ0n) is 55.7. The molecule has 12 N–H and O–H groups in total. The van der Waals surface area contributed by atoms with Gasteiger partial charge in [0.25, 0.3) is 0 Å². The van der Waals surface area contributed by atoms with Gasteiger partial charge in [0.05, 0.1) is 12.7 Å². The second kappa shape index (κ2) is 39.3. The maximum atomic E-state index is 14.6. The fraction of sp³-hybridized carbons (Fsp3) is 0.825. The molecule has 1 aliphatic heterocycles. The molecule has 1 fully saturated rings. The van der Waals surface area contributed by atoms with Crippen LogP contribution < -0.4 is 53.2 Å². The summed E-state index contributed by atoms with van der Waals surface area (Å²) in [7, 11) is 0. The summed E-state index contributed by atoms with van der Waals surface area (Å²) in [6.45, 7) is 28.5. The van der Waals surface area contributed by atoms with Crippen molar-refractivity contribution >= 4 is 64.9 Å². The van der Waals surface area contributed by atoms with Crippen molar-refractivity contribution in [2.75, 3.05) is 32.8 Å². The first-order valence-electron chi connectivity index (χ1n) is 32.1. The van der Waals surface area contributed by atoms with Gasteiger partial charge in [-0.05, 0) is 124 Å². The van der Waals surface area contributed by atoms with Crippen molar-refractivity contribution in [2.24, 2.45) is 23.7 Å². The number of nitrogens with one attached hydrogen (secondary N) is 10. The number of Topliss-reactive ketones (excluding diaryl/α,β-unsaturated/α-hetero) is 1. The maximum absolute atomic E-state index is 14.6. The van der Waals surface area contributed by atoms with Gasteiger partial charge in [0.15, 0.2) is 0 Å². The minimum Gasteiger partial charge on any atom is -0.395 e. The van der Waals surface area contributed by atoms with Crippen LogP contribution >= 0.6 is 0 Å². The molecule has 1 heterocycles. The summed E-state index contributed by atoms with van der Waals surface area (Å²) in [6.07, 6.45) is 6.33. The third-order valence-electron chi connectivity index (χ3n) is 15.4. The number of nitrogens with zero attached hydrogens (tertiary/aromatic N) is 1. The molecule has 1 rings (SSSR count). The molecule has 4 unspecified atom stereocenters. The molecular formula is C63H115N11O13. The van der Waals surface area contributed by atoms with E-state index in [1.54, 1.807) is 20.8 Å². The summed E-state index contributed by atoms with van der Waals surface area (Å²) in [5, 5.41) is 47.8. The molecule has 9 atom stereocenters. The van der Waals surface area contributed by atoms with Crippen LogP contribution in [0.25, 0.3) is 0 Å². The highest BCUT2D eigenvalue weighted by Crippen LogP contribution is 2.23. The predicted octanol–water partition coefficient (Wildman–Crippen LogP) is 3.23. The first-order chi connectivity index (χ1) is 40.5. The van der Waals surface area contributed by atoms with Gasteiger partial charge in [-0.2, -0.15) is 0 Å². The number of aliphatic hydroxyl groups excluding tert-OH is 2. The standard InChI is InChI=1S/C63H115N11O13/c1-17-20-21-22-25-41(8)35-48(54(81)67-47(33-40(6)7)55(82)71-61(11,12)58(85)69-46(32-39(4)5)53(80)65-28-27-51(78)66-43(10)38-64-29-31-75)70-59(86)62(13,14)73-60(87)63(15,16)72-56(83)49(36-42(9)34-45(77)37-44(76)19-3)68-57(84)50-26-23-30-74(50)52(79)24-18-2/h39-43,45-50,64,75,77H,17-38H2,1-16H3,(H,65,80)(H,66,78)(H,67,81)(H,68,84)(H,69,85)(H,70,86)(H,71,82)(H,72,83)(H,73,87)/t41?,42?,43?,45?,46-,47-,48+,49-,50-/m0/s1. The van der Waals surface area contributed by atoms with Gasteiger partial charge in [0.2, 0.25) is 59.1 Å². The van der Waals surface area contributed by atoms with Crippen molar-refractivity contribution in [1.29, 1.82) is 0 Å². The van der Waals surface area contributed by atoms with Crippen LogP contribution in [0.3, 0.4) is 0 Å². The zero-order valence-corrected chi connectivity index (χ0v) is 55.7. The lowest BCUT2D eigenvalue weighted by molar-refractivity contribution is -0.141. The molecule has 1 saturated heterocycles. The van der Waals surface area contributed by atoms with Gasteiger partial charge >= 0.3 is 0 Å². The molecule has 0 saturated carbocycles. The number of likely N-dealkylation sites (tertiary alicyclic amines) is 1. The number of amides is 10. The molecule has 0 spiro atoms. The molecule has 24 heteroatoms. The number of hydrogen-bond acceptors (Lipinski definition) is 14. The number of carbonyl (C=O) groups is 11. The zero-order chi connectivity index (χ0) is 66.4. The van der Waals surface area contributed by atoms with E-state index in [0.717, 1.165) is 32.1 Å². The Labute approximate surface area is 519 Å². The number of unbranched alkanes of at least 4 members (excludes halogenated alkanes) is 3. The van der Waals surface area contributed by atoms with E-state index in [-0.39, 0.29) is 112 Å². The molecule has 500 valence electrons. The summed E-state index contributed by atoms with van der Waals surface area (Å²) >= 11 is 0. The van der Waals surface area contributed by atoms with Crippen molar-refractivity contribution in [1.82, 2.24) is 58.1 Å². The summed E-state index contributed by atoms with van der Waals surface area (Å²) in [5.41, 5.74) is -5.03. The first kappa shape index (κ1) is 79.3. The van der Waals surface area contributed by atoms with Crippen LogP contribution in [0.5, 0.6) is 0 Å². The van der Waals surface area contributed by atoms with Gasteiger partial charge in [0.1, 0.15) is 52.6 Å². The number of hydrogen-bond donors (Lipinski definition) is 12. The monoisotopic (exact) mass is 1230 g/mol. The molecule has 0 aliphatic carbocycles. The average molecular weight is 1230 g/mol. The fourth-order valence-electron chi connectivity index (χ4n) is 10.3. The summed E-state index contributed by atoms with van der Waals surface area (Å²) < 4.78 is 0. The van der Waals surface area contributed by atoms with Crippen LogP contribution in [0.1, 0.15) is 220 Å². The Morgan fingerprint density at radius 1 is 0.552 bits per heavy atom. The van der Waals surface area contributed by atoms with Crippen LogP contribution in [0.2, 0.25) is 0 Å². The highest BCUT2D eigenvalue weighted by Gasteiger charge is 2.42. The van der Waals surface area contributed by atoms with Crippen molar-refractivity contribution < 1.29 is 63.0 Å². The molecule has 10 amide bonds. The second-order valence-corrected chi connectivity index (χ2v) is 26.7. The lowest BCUT2D eigenvalue weighted by Crippen LogP contribution is -2.66. The molecule has 1 aliphatic rings. The van der Waals surface area contributed by atoms with E-state index in [1.807, 2.05) is 41.5 Å². The normalized spacial score (nSPS) is 16.5.